The molecule has 1 unspecified atom stereocenters. The summed E-state index contributed by atoms with van der Waals surface area (Å²) >= 11 is 0. The Hall–Kier alpha value is -1.97. The molecule has 0 fully saturated rings. The van der Waals surface area contributed by atoms with E-state index in [0.717, 1.165) is 18.4 Å². The smallest absolute Gasteiger partial charge is 0.258 e. The van der Waals surface area contributed by atoms with Crippen LogP contribution in [-0.4, -0.2) is 18.6 Å². The van der Waals surface area contributed by atoms with Crippen molar-refractivity contribution in [2.45, 2.75) is 39.2 Å². The first kappa shape index (κ1) is 16.1. The fourth-order valence-corrected chi connectivity index (χ4v) is 2.02. The Morgan fingerprint density at radius 1 is 1.55 bits per heavy atom. The van der Waals surface area contributed by atoms with Gasteiger partial charge in [0.1, 0.15) is 5.75 Å². The highest BCUT2D eigenvalue weighted by molar-refractivity contribution is 5.77. The van der Waals surface area contributed by atoms with E-state index in [1.54, 1.807) is 18.2 Å². The van der Waals surface area contributed by atoms with Crippen molar-refractivity contribution >= 4 is 11.6 Å². The third-order valence-electron chi connectivity index (χ3n) is 2.94. The van der Waals surface area contributed by atoms with Crippen molar-refractivity contribution in [2.24, 2.45) is 0 Å². The molecule has 1 aromatic carbocycles. The van der Waals surface area contributed by atoms with Gasteiger partial charge in [0.2, 0.25) is 0 Å². The summed E-state index contributed by atoms with van der Waals surface area (Å²) < 4.78 is 5.57. The second-order valence-electron chi connectivity index (χ2n) is 4.91. The fraction of sp³-hybridized carbons (Fsp3) is 0.438. The number of ether oxygens (including phenoxy) is 1. The van der Waals surface area contributed by atoms with Crippen LogP contribution in [0.4, 0.5) is 5.69 Å². The second-order valence-corrected chi connectivity index (χ2v) is 4.91. The molecule has 3 N–H and O–H groups in total. The van der Waals surface area contributed by atoms with Crippen LogP contribution in [0.5, 0.6) is 5.75 Å². The van der Waals surface area contributed by atoms with Crippen molar-refractivity contribution in [3.63, 3.8) is 0 Å². The van der Waals surface area contributed by atoms with Crippen molar-refractivity contribution in [2.75, 3.05) is 12.3 Å². The SMILES string of the molecule is C=CCc1cc(N)ccc1OCC(=O)NC(C)CCC. The Kier molecular flexibility index (Phi) is 6.64. The average molecular weight is 276 g/mol. The molecule has 0 aromatic heterocycles. The number of allylic oxidation sites excluding steroid dienone is 1. The van der Waals surface area contributed by atoms with Gasteiger partial charge in [0, 0.05) is 11.7 Å². The molecule has 0 aliphatic rings. The van der Waals surface area contributed by atoms with Gasteiger partial charge >= 0.3 is 0 Å². The van der Waals surface area contributed by atoms with Crippen LogP contribution >= 0.6 is 0 Å². The lowest BCUT2D eigenvalue weighted by Crippen LogP contribution is -2.36. The molecule has 20 heavy (non-hydrogen) atoms. The number of nitrogens with two attached hydrogens (primary N) is 1. The Morgan fingerprint density at radius 3 is 2.95 bits per heavy atom. The minimum absolute atomic E-state index is 0.0160. The molecule has 4 nitrogen and oxygen atoms in total. The lowest BCUT2D eigenvalue weighted by atomic mass is 10.1. The van der Waals surface area contributed by atoms with Crippen LogP contribution < -0.4 is 15.8 Å². The van der Waals surface area contributed by atoms with E-state index in [0.29, 0.717) is 17.9 Å². The number of nitrogen functional groups attached to an aromatic ring is 1. The predicted molar refractivity (Wildman–Crippen MR) is 82.8 cm³/mol. The van der Waals surface area contributed by atoms with Gasteiger partial charge in [-0.15, -0.1) is 6.58 Å². The number of benzene rings is 1. The molecule has 0 bridgehead atoms. The fourth-order valence-electron chi connectivity index (χ4n) is 2.02. The first-order chi connectivity index (χ1) is 9.56. The van der Waals surface area contributed by atoms with Crippen LogP contribution in [0.25, 0.3) is 0 Å². The lowest BCUT2D eigenvalue weighted by Gasteiger charge is -2.14. The summed E-state index contributed by atoms with van der Waals surface area (Å²) in [6.07, 6.45) is 4.46. The molecule has 1 atom stereocenters. The summed E-state index contributed by atoms with van der Waals surface area (Å²) in [6, 6.07) is 5.57. The lowest BCUT2D eigenvalue weighted by molar-refractivity contribution is -0.123. The molecular weight excluding hydrogens is 252 g/mol. The minimum Gasteiger partial charge on any atom is -0.483 e. The molecular formula is C16H24N2O2. The second kappa shape index (κ2) is 8.25. The van der Waals surface area contributed by atoms with Crippen molar-refractivity contribution < 1.29 is 9.53 Å². The number of rotatable bonds is 8. The quantitative estimate of drug-likeness (QED) is 0.567. The van der Waals surface area contributed by atoms with Gasteiger partial charge in [-0.25, -0.2) is 0 Å². The van der Waals surface area contributed by atoms with Crippen LogP contribution in [0.15, 0.2) is 30.9 Å². The molecule has 1 amide bonds. The van der Waals surface area contributed by atoms with Gasteiger partial charge < -0.3 is 15.8 Å². The minimum atomic E-state index is -0.104. The van der Waals surface area contributed by atoms with E-state index in [-0.39, 0.29) is 18.6 Å². The molecule has 110 valence electrons. The Balaban J connectivity index is 2.56. The summed E-state index contributed by atoms with van der Waals surface area (Å²) in [7, 11) is 0. The molecule has 4 heteroatoms. The number of anilines is 1. The van der Waals surface area contributed by atoms with Gasteiger partial charge in [0.05, 0.1) is 0 Å². The van der Waals surface area contributed by atoms with Crippen LogP contribution in [0.2, 0.25) is 0 Å². The van der Waals surface area contributed by atoms with Crippen LogP contribution in [0.3, 0.4) is 0 Å². The highest BCUT2D eigenvalue weighted by Gasteiger charge is 2.09. The maximum Gasteiger partial charge on any atom is 0.258 e. The van der Waals surface area contributed by atoms with E-state index in [4.69, 9.17) is 10.5 Å². The summed E-state index contributed by atoms with van der Waals surface area (Å²) in [4.78, 5) is 11.8. The number of nitrogens with one attached hydrogen (secondary N) is 1. The third-order valence-corrected chi connectivity index (χ3v) is 2.94. The standard InChI is InChI=1S/C16H24N2O2/c1-4-6-12(3)18-16(19)11-20-15-9-8-14(17)10-13(15)7-5-2/h5,8-10,12H,2,4,6-7,11,17H2,1,3H3,(H,18,19). The first-order valence-electron chi connectivity index (χ1n) is 6.98. The number of amides is 1. The monoisotopic (exact) mass is 276 g/mol. The summed E-state index contributed by atoms with van der Waals surface area (Å²) in [5, 5.41) is 2.91. The van der Waals surface area contributed by atoms with Crippen molar-refractivity contribution in [3.8, 4) is 5.75 Å². The number of hydrogen-bond acceptors (Lipinski definition) is 3. The summed E-state index contributed by atoms with van der Waals surface area (Å²) in [6.45, 7) is 7.81. The molecule has 0 aliphatic carbocycles. The highest BCUT2D eigenvalue weighted by atomic mass is 16.5. The topological polar surface area (TPSA) is 64.3 Å². The van der Waals surface area contributed by atoms with Gasteiger partial charge in [-0.2, -0.15) is 0 Å². The maximum atomic E-state index is 11.8. The molecule has 0 spiro atoms. The number of carbonyl (C=O) groups excluding carboxylic acids is 1. The summed E-state index contributed by atoms with van der Waals surface area (Å²) in [5.74, 6) is 0.574. The van der Waals surface area contributed by atoms with Gasteiger partial charge in [-0.1, -0.05) is 19.4 Å². The predicted octanol–water partition coefficient (Wildman–Crippen LogP) is 2.68. The Morgan fingerprint density at radius 2 is 2.30 bits per heavy atom. The van der Waals surface area contributed by atoms with Crippen molar-refractivity contribution in [1.29, 1.82) is 0 Å². The van der Waals surface area contributed by atoms with E-state index < -0.39 is 0 Å². The zero-order valence-corrected chi connectivity index (χ0v) is 12.3. The van der Waals surface area contributed by atoms with Gasteiger partial charge in [0.15, 0.2) is 6.61 Å². The summed E-state index contributed by atoms with van der Waals surface area (Å²) in [5.41, 5.74) is 7.36. The molecule has 0 heterocycles. The Labute approximate surface area is 121 Å². The van der Waals surface area contributed by atoms with Crippen LogP contribution in [0, 0.1) is 0 Å². The van der Waals surface area contributed by atoms with Gasteiger partial charge in [-0.05, 0) is 43.5 Å². The van der Waals surface area contributed by atoms with E-state index in [9.17, 15) is 4.79 Å². The zero-order valence-electron chi connectivity index (χ0n) is 12.3. The van der Waals surface area contributed by atoms with E-state index in [1.807, 2.05) is 13.0 Å². The highest BCUT2D eigenvalue weighted by Crippen LogP contribution is 2.22. The number of hydrogen-bond donors (Lipinski definition) is 2. The van der Waals surface area contributed by atoms with Crippen molar-refractivity contribution in [3.05, 3.63) is 36.4 Å². The Bertz CT molecular complexity index is 458. The van der Waals surface area contributed by atoms with E-state index in [1.165, 1.54) is 0 Å². The van der Waals surface area contributed by atoms with Gasteiger partial charge in [0.25, 0.3) is 5.91 Å². The normalized spacial score (nSPS) is 11.7. The van der Waals surface area contributed by atoms with Crippen molar-refractivity contribution in [1.82, 2.24) is 5.32 Å². The molecule has 0 aliphatic heterocycles. The average Bonchev–Trinajstić information content (AvgIpc) is 2.38. The number of carbonyl (C=O) groups is 1. The van der Waals surface area contributed by atoms with E-state index >= 15 is 0 Å². The van der Waals surface area contributed by atoms with Crippen LogP contribution in [0.1, 0.15) is 32.3 Å². The molecule has 0 saturated carbocycles. The largest absolute Gasteiger partial charge is 0.483 e. The van der Waals surface area contributed by atoms with Gasteiger partial charge in [-0.3, -0.25) is 4.79 Å². The maximum absolute atomic E-state index is 11.8. The third kappa shape index (κ3) is 5.34. The first-order valence-corrected chi connectivity index (χ1v) is 6.98. The van der Waals surface area contributed by atoms with Crippen LogP contribution in [-0.2, 0) is 11.2 Å². The van der Waals surface area contributed by atoms with E-state index in [2.05, 4.69) is 18.8 Å². The molecule has 1 rings (SSSR count). The zero-order chi connectivity index (χ0) is 15.0. The molecule has 1 aromatic rings. The molecule has 0 saturated heterocycles. The molecule has 0 radical (unpaired) electrons.